The number of aliphatic hydroxyl groups is 1. The Morgan fingerprint density at radius 2 is 2.21 bits per heavy atom. The van der Waals surface area contributed by atoms with E-state index in [9.17, 15) is 9.90 Å². The van der Waals surface area contributed by atoms with Crippen molar-refractivity contribution >= 4 is 33.4 Å². The summed E-state index contributed by atoms with van der Waals surface area (Å²) >= 11 is 9.39. The van der Waals surface area contributed by atoms with Crippen LogP contribution in [0.4, 0.5) is 0 Å². The van der Waals surface area contributed by atoms with Crippen LogP contribution in [-0.4, -0.2) is 35.6 Å². The molecule has 0 saturated carbocycles. The smallest absolute Gasteiger partial charge is 0.222 e. The summed E-state index contributed by atoms with van der Waals surface area (Å²) in [5.41, 5.74) is 1.03. The Balaban J connectivity index is 2.47. The van der Waals surface area contributed by atoms with Crippen LogP contribution in [0.2, 0.25) is 5.02 Å². The summed E-state index contributed by atoms with van der Waals surface area (Å²) in [7, 11) is 1.76. The van der Waals surface area contributed by atoms with Crippen molar-refractivity contribution in [2.45, 2.75) is 32.3 Å². The Kier molecular flexibility index (Phi) is 6.83. The van der Waals surface area contributed by atoms with Gasteiger partial charge in [0.15, 0.2) is 0 Å². The molecular weight excluding hydrogens is 330 g/mol. The molecule has 106 valence electrons. The van der Waals surface area contributed by atoms with Crippen LogP contribution in [0.5, 0.6) is 0 Å². The van der Waals surface area contributed by atoms with Crippen LogP contribution in [0.1, 0.15) is 25.3 Å². The predicted molar refractivity (Wildman–Crippen MR) is 81.4 cm³/mol. The van der Waals surface area contributed by atoms with Gasteiger partial charge in [-0.2, -0.15) is 0 Å². The van der Waals surface area contributed by atoms with E-state index in [2.05, 4.69) is 15.9 Å². The topological polar surface area (TPSA) is 40.5 Å². The summed E-state index contributed by atoms with van der Waals surface area (Å²) in [4.78, 5) is 13.6. The number of benzene rings is 1. The first kappa shape index (κ1) is 16.5. The van der Waals surface area contributed by atoms with E-state index in [1.807, 2.05) is 18.2 Å². The molecule has 0 aliphatic rings. The van der Waals surface area contributed by atoms with E-state index in [1.165, 1.54) is 0 Å². The minimum Gasteiger partial charge on any atom is -0.393 e. The van der Waals surface area contributed by atoms with Gasteiger partial charge in [0.2, 0.25) is 5.91 Å². The second-order valence-corrected chi connectivity index (χ2v) is 5.98. The van der Waals surface area contributed by atoms with Gasteiger partial charge in [-0.3, -0.25) is 4.79 Å². The van der Waals surface area contributed by atoms with Gasteiger partial charge in [0.25, 0.3) is 0 Å². The molecule has 1 atom stereocenters. The first-order valence-electron chi connectivity index (χ1n) is 6.26. The lowest BCUT2D eigenvalue weighted by atomic mass is 10.1. The molecule has 0 aliphatic carbocycles. The molecular formula is C14H19BrClNO2. The van der Waals surface area contributed by atoms with Crippen LogP contribution in [0.25, 0.3) is 0 Å². The van der Waals surface area contributed by atoms with Crippen molar-refractivity contribution in [1.82, 2.24) is 4.90 Å². The number of halogens is 2. The highest BCUT2D eigenvalue weighted by atomic mass is 79.9. The highest BCUT2D eigenvalue weighted by Crippen LogP contribution is 2.22. The number of aliphatic hydroxyl groups excluding tert-OH is 1. The predicted octanol–water partition coefficient (Wildman–Crippen LogP) is 3.26. The molecule has 0 fully saturated rings. The van der Waals surface area contributed by atoms with Crippen molar-refractivity contribution < 1.29 is 9.90 Å². The molecule has 0 radical (unpaired) electrons. The van der Waals surface area contributed by atoms with Gasteiger partial charge in [-0.25, -0.2) is 0 Å². The van der Waals surface area contributed by atoms with Gasteiger partial charge in [-0.15, -0.1) is 0 Å². The molecule has 1 aromatic rings. The number of carbonyl (C=O) groups excluding carboxylic acids is 1. The third-order valence-electron chi connectivity index (χ3n) is 2.92. The van der Waals surface area contributed by atoms with Crippen LogP contribution in [0.3, 0.4) is 0 Å². The average molecular weight is 349 g/mol. The third kappa shape index (κ3) is 5.93. The lowest BCUT2D eigenvalue weighted by Gasteiger charge is -2.18. The maximum atomic E-state index is 11.9. The molecule has 0 aliphatic heterocycles. The second-order valence-electron chi connectivity index (χ2n) is 4.69. The molecule has 1 rings (SSSR count). The Morgan fingerprint density at radius 3 is 2.84 bits per heavy atom. The molecule has 0 spiro atoms. The summed E-state index contributed by atoms with van der Waals surface area (Å²) in [6.07, 6.45) is 1.31. The molecule has 0 heterocycles. The molecule has 3 nitrogen and oxygen atoms in total. The summed E-state index contributed by atoms with van der Waals surface area (Å²) < 4.78 is 0.969. The van der Waals surface area contributed by atoms with E-state index in [-0.39, 0.29) is 12.0 Å². The molecule has 1 aromatic carbocycles. The fraction of sp³-hybridized carbons (Fsp3) is 0.500. The highest BCUT2D eigenvalue weighted by Gasteiger charge is 2.11. The van der Waals surface area contributed by atoms with Gasteiger partial charge in [0.1, 0.15) is 0 Å². The Hall–Kier alpha value is -0.580. The lowest BCUT2D eigenvalue weighted by molar-refractivity contribution is -0.130. The third-order valence-corrected chi connectivity index (χ3v) is 3.93. The zero-order valence-electron chi connectivity index (χ0n) is 11.2. The maximum absolute atomic E-state index is 11.9. The van der Waals surface area contributed by atoms with Crippen LogP contribution in [0.15, 0.2) is 22.7 Å². The minimum atomic E-state index is -0.377. The number of rotatable bonds is 6. The molecule has 1 amide bonds. The molecule has 19 heavy (non-hydrogen) atoms. The monoisotopic (exact) mass is 347 g/mol. The molecule has 0 aromatic heterocycles. The van der Waals surface area contributed by atoms with Crippen molar-refractivity contribution in [2.75, 3.05) is 13.6 Å². The van der Waals surface area contributed by atoms with Gasteiger partial charge in [0.05, 0.1) is 6.10 Å². The molecule has 5 heteroatoms. The largest absolute Gasteiger partial charge is 0.393 e. The Labute approximate surface area is 127 Å². The molecule has 1 N–H and O–H groups in total. The number of aryl methyl sites for hydroxylation is 1. The maximum Gasteiger partial charge on any atom is 0.222 e. The molecule has 0 bridgehead atoms. The summed E-state index contributed by atoms with van der Waals surface area (Å²) in [6.45, 7) is 2.30. The van der Waals surface area contributed by atoms with Crippen molar-refractivity contribution in [1.29, 1.82) is 0 Å². The van der Waals surface area contributed by atoms with Gasteiger partial charge in [-0.05, 0) is 43.5 Å². The van der Waals surface area contributed by atoms with Gasteiger partial charge < -0.3 is 10.0 Å². The Morgan fingerprint density at radius 1 is 1.53 bits per heavy atom. The van der Waals surface area contributed by atoms with E-state index in [1.54, 1.807) is 18.9 Å². The van der Waals surface area contributed by atoms with E-state index in [4.69, 9.17) is 11.6 Å². The second kappa shape index (κ2) is 7.88. The summed E-state index contributed by atoms with van der Waals surface area (Å²) in [5, 5.41) is 9.87. The number of carbonyl (C=O) groups is 1. The van der Waals surface area contributed by atoms with Gasteiger partial charge in [-0.1, -0.05) is 27.5 Å². The molecule has 1 unspecified atom stereocenters. The number of amides is 1. The van der Waals surface area contributed by atoms with E-state index in [0.717, 1.165) is 10.0 Å². The fourth-order valence-electron chi connectivity index (χ4n) is 1.67. The number of hydrogen-bond acceptors (Lipinski definition) is 2. The standard InChI is InChI=1S/C14H19BrClNO2/c1-10(18)7-8-17(2)14(19)6-3-11-9-12(16)4-5-13(11)15/h4-5,9-10,18H,3,6-8H2,1-2H3. The minimum absolute atomic E-state index is 0.0764. The number of hydrogen-bond donors (Lipinski definition) is 1. The van der Waals surface area contributed by atoms with Crippen LogP contribution in [0, 0.1) is 0 Å². The van der Waals surface area contributed by atoms with Crippen LogP contribution >= 0.6 is 27.5 Å². The number of nitrogens with zero attached hydrogens (tertiary/aromatic N) is 1. The Bertz CT molecular complexity index is 437. The summed E-state index contributed by atoms with van der Waals surface area (Å²) in [6, 6.07) is 5.57. The van der Waals surface area contributed by atoms with Gasteiger partial charge >= 0.3 is 0 Å². The van der Waals surface area contributed by atoms with Crippen LogP contribution < -0.4 is 0 Å². The van der Waals surface area contributed by atoms with Gasteiger partial charge in [0, 0.05) is 29.5 Å². The fourth-order valence-corrected chi connectivity index (χ4v) is 2.31. The summed E-state index contributed by atoms with van der Waals surface area (Å²) in [5.74, 6) is 0.0764. The van der Waals surface area contributed by atoms with E-state index >= 15 is 0 Å². The lowest BCUT2D eigenvalue weighted by Crippen LogP contribution is -2.29. The quantitative estimate of drug-likeness (QED) is 0.857. The van der Waals surface area contributed by atoms with E-state index < -0.39 is 0 Å². The van der Waals surface area contributed by atoms with Crippen molar-refractivity contribution in [2.24, 2.45) is 0 Å². The van der Waals surface area contributed by atoms with Crippen molar-refractivity contribution in [3.63, 3.8) is 0 Å². The average Bonchev–Trinajstić information content (AvgIpc) is 2.36. The van der Waals surface area contributed by atoms with E-state index in [0.29, 0.717) is 30.8 Å². The zero-order valence-corrected chi connectivity index (χ0v) is 13.5. The normalized spacial score (nSPS) is 12.3. The van der Waals surface area contributed by atoms with Crippen LogP contribution in [-0.2, 0) is 11.2 Å². The zero-order chi connectivity index (χ0) is 14.4. The molecule has 0 saturated heterocycles. The van der Waals surface area contributed by atoms with Crippen molar-refractivity contribution in [3.8, 4) is 0 Å². The first-order chi connectivity index (χ1) is 8.90. The first-order valence-corrected chi connectivity index (χ1v) is 7.43. The highest BCUT2D eigenvalue weighted by molar-refractivity contribution is 9.10. The SMILES string of the molecule is CC(O)CCN(C)C(=O)CCc1cc(Cl)ccc1Br. The van der Waals surface area contributed by atoms with Crippen molar-refractivity contribution in [3.05, 3.63) is 33.3 Å².